The number of aromatic nitrogens is 3. The number of amides is 2. The van der Waals surface area contributed by atoms with Crippen molar-refractivity contribution in [2.45, 2.75) is 44.5 Å². The Balaban J connectivity index is 1.47. The molecule has 4 rings (SSSR count). The Morgan fingerprint density at radius 1 is 1.36 bits per heavy atom. The van der Waals surface area contributed by atoms with Crippen LogP contribution >= 0.6 is 11.3 Å². The molecular formula is C26H31FN8O10S2. The van der Waals surface area contributed by atoms with Gasteiger partial charge in [-0.25, -0.2) is 22.6 Å². The molecule has 1 fully saturated rings. The fourth-order valence-corrected chi connectivity index (χ4v) is 5.44. The van der Waals surface area contributed by atoms with Gasteiger partial charge < -0.3 is 36.0 Å². The lowest BCUT2D eigenvalue weighted by Crippen LogP contribution is -2.76. The van der Waals surface area contributed by atoms with Crippen LogP contribution < -0.4 is 26.2 Å². The number of hydrogen-bond donors (Lipinski definition) is 4. The topological polar surface area (TPSA) is 258 Å². The van der Waals surface area contributed by atoms with E-state index in [9.17, 15) is 32.5 Å². The monoisotopic (exact) mass is 698 g/mol. The van der Waals surface area contributed by atoms with Gasteiger partial charge in [-0.05, 0) is 38.9 Å². The number of hydrogen-bond acceptors (Lipinski definition) is 14. The molecule has 3 heterocycles. The van der Waals surface area contributed by atoms with E-state index in [1.807, 2.05) is 11.7 Å². The summed E-state index contributed by atoms with van der Waals surface area (Å²) in [5, 5.41) is 17.3. The summed E-state index contributed by atoms with van der Waals surface area (Å²) in [5.41, 5.74) is 9.90. The van der Waals surface area contributed by atoms with Crippen molar-refractivity contribution in [2.24, 2.45) is 17.9 Å². The Kier molecular flexibility index (Phi) is 10.4. The van der Waals surface area contributed by atoms with Gasteiger partial charge in [-0.1, -0.05) is 5.16 Å². The standard InChI is InChI=1S/C26H31FN8O10S2/c1-26(2)21(23(37)35(26)45-47(40,41)42)31-22(36)20(18-13-46-25(29)30-18)32-44-19(24(38)39)12-43-15-5-6-16(17(27)9-15)14-10-33(3)34(11-14)8-4-7-28/h5-6,9-11,13,19,21H,4,7-8,12,28H2,1-3H3,(H4-,29,30,31,36,38,39,40,41,42)/b32-20-/t19-,21?/m0/s1. The Labute approximate surface area is 271 Å². The molecular weight excluding hydrogens is 667 g/mol. The highest BCUT2D eigenvalue weighted by atomic mass is 32.3. The van der Waals surface area contributed by atoms with Crippen molar-refractivity contribution in [3.63, 3.8) is 0 Å². The fraction of sp³-hybridized carbons (Fsp3) is 0.385. The quantitative estimate of drug-likeness (QED) is 0.0381. The predicted octanol–water partition coefficient (Wildman–Crippen LogP) is -0.743. The predicted molar refractivity (Wildman–Crippen MR) is 159 cm³/mol. The highest BCUT2D eigenvalue weighted by Crippen LogP contribution is 2.33. The number of anilines is 1. The molecule has 254 valence electrons. The molecule has 1 aliphatic rings. The molecule has 0 radical (unpaired) electrons. The molecule has 0 bridgehead atoms. The summed E-state index contributed by atoms with van der Waals surface area (Å²) < 4.78 is 61.3. The van der Waals surface area contributed by atoms with Gasteiger partial charge in [0, 0.05) is 17.0 Å². The highest BCUT2D eigenvalue weighted by molar-refractivity contribution is 7.80. The number of carboxylic acid groups (broad SMARTS) is 1. The van der Waals surface area contributed by atoms with Crippen molar-refractivity contribution >= 4 is 50.4 Å². The smallest absolute Gasteiger partial charge is 0.351 e. The number of nitrogen functional groups attached to an aromatic ring is 1. The maximum atomic E-state index is 15.0. The molecule has 1 unspecified atom stereocenters. The van der Waals surface area contributed by atoms with Crippen molar-refractivity contribution in [1.82, 2.24) is 20.0 Å². The van der Waals surface area contributed by atoms with Crippen LogP contribution in [0.3, 0.4) is 0 Å². The number of β-lactam (4-membered cyclic amide) rings is 1. The number of hydroxylamine groups is 2. The first-order valence-corrected chi connectivity index (χ1v) is 15.9. The summed E-state index contributed by atoms with van der Waals surface area (Å²) in [5.74, 6) is -4.33. The molecule has 3 aromatic rings. The van der Waals surface area contributed by atoms with Gasteiger partial charge in [0.05, 0.1) is 23.8 Å². The molecule has 47 heavy (non-hydrogen) atoms. The van der Waals surface area contributed by atoms with Crippen LogP contribution in [0.1, 0.15) is 26.0 Å². The number of carbonyl (C=O) groups excluding carboxylic acids is 2. The van der Waals surface area contributed by atoms with Crippen LogP contribution in [0.5, 0.6) is 5.75 Å². The average molecular weight is 699 g/mol. The number of thiazole rings is 1. The van der Waals surface area contributed by atoms with Crippen LogP contribution in [0.2, 0.25) is 0 Å². The van der Waals surface area contributed by atoms with Crippen molar-refractivity contribution in [3.8, 4) is 16.9 Å². The average Bonchev–Trinajstić information content (AvgIpc) is 3.58. The van der Waals surface area contributed by atoms with Gasteiger partial charge in [-0.3, -0.25) is 9.59 Å². The summed E-state index contributed by atoms with van der Waals surface area (Å²) in [6.45, 7) is 3.10. The largest absolute Gasteiger partial charge is 0.724 e. The first-order chi connectivity index (χ1) is 22.0. The number of nitrogens with two attached hydrogens (primary N) is 2. The van der Waals surface area contributed by atoms with Crippen molar-refractivity contribution in [1.29, 1.82) is 0 Å². The number of rotatable bonds is 15. The van der Waals surface area contributed by atoms with E-state index in [-0.39, 0.29) is 22.1 Å². The zero-order chi connectivity index (χ0) is 34.7. The number of halogens is 1. The second-order valence-corrected chi connectivity index (χ2v) is 12.5. The van der Waals surface area contributed by atoms with Crippen molar-refractivity contribution in [2.75, 3.05) is 18.9 Å². The fourth-order valence-electron chi connectivity index (χ4n) is 4.45. The maximum absolute atomic E-state index is 15.0. The summed E-state index contributed by atoms with van der Waals surface area (Å²) in [7, 11) is -3.48. The molecule has 2 amide bonds. The number of nitrogens with zero attached hydrogens (tertiary/aromatic N) is 5. The Morgan fingerprint density at radius 2 is 2.09 bits per heavy atom. The van der Waals surface area contributed by atoms with E-state index in [0.717, 1.165) is 23.8 Å². The molecule has 0 saturated carbocycles. The van der Waals surface area contributed by atoms with Crippen molar-refractivity contribution in [3.05, 3.63) is 47.5 Å². The van der Waals surface area contributed by atoms with Crippen LogP contribution in [0.25, 0.3) is 11.1 Å². The number of oxime groups is 1. The van der Waals surface area contributed by atoms with E-state index in [1.165, 1.54) is 31.4 Å². The minimum atomic E-state index is -5.29. The molecule has 1 aliphatic heterocycles. The summed E-state index contributed by atoms with van der Waals surface area (Å²) in [6.07, 6.45) is 2.45. The Morgan fingerprint density at radius 3 is 2.66 bits per heavy atom. The van der Waals surface area contributed by atoms with Crippen LogP contribution in [0.15, 0.2) is 41.1 Å². The van der Waals surface area contributed by atoms with E-state index in [1.54, 1.807) is 17.1 Å². The van der Waals surface area contributed by atoms with Gasteiger partial charge in [-0.15, -0.1) is 16.0 Å². The number of aryl methyl sites for hydroxylation is 2. The molecule has 1 aromatic carbocycles. The zero-order valence-electron chi connectivity index (χ0n) is 25.2. The Hall–Kier alpha value is -4.70. The summed E-state index contributed by atoms with van der Waals surface area (Å²) in [6, 6.07) is 2.60. The van der Waals surface area contributed by atoms with E-state index >= 15 is 4.39 Å². The lowest BCUT2D eigenvalue weighted by molar-refractivity contribution is -0.753. The lowest BCUT2D eigenvalue weighted by atomic mass is 9.84. The molecule has 0 spiro atoms. The molecule has 18 nitrogen and oxygen atoms in total. The first-order valence-electron chi connectivity index (χ1n) is 13.7. The Bertz CT molecular complexity index is 1810. The van der Waals surface area contributed by atoms with Gasteiger partial charge >= 0.3 is 5.97 Å². The molecule has 21 heteroatoms. The first kappa shape index (κ1) is 35.2. The lowest BCUT2D eigenvalue weighted by Gasteiger charge is -2.51. The molecule has 6 N–H and O–H groups in total. The highest BCUT2D eigenvalue weighted by Gasteiger charge is 2.57. The minimum absolute atomic E-state index is 0.0140. The molecule has 2 atom stereocenters. The van der Waals surface area contributed by atoms with Crippen LogP contribution in [0.4, 0.5) is 9.52 Å². The summed E-state index contributed by atoms with van der Waals surface area (Å²) >= 11 is 0.920. The number of carboxylic acids is 1. The minimum Gasteiger partial charge on any atom is -0.724 e. The molecule has 2 aromatic heterocycles. The third-order valence-electron chi connectivity index (χ3n) is 6.91. The van der Waals surface area contributed by atoms with E-state index in [0.29, 0.717) is 23.7 Å². The van der Waals surface area contributed by atoms with Gasteiger partial charge in [0.15, 0.2) is 17.9 Å². The third-order valence-corrected chi connectivity index (χ3v) is 7.91. The van der Waals surface area contributed by atoms with Crippen LogP contribution in [0, 0.1) is 5.82 Å². The van der Waals surface area contributed by atoms with E-state index in [4.69, 9.17) is 21.0 Å². The summed E-state index contributed by atoms with van der Waals surface area (Å²) in [4.78, 5) is 46.6. The van der Waals surface area contributed by atoms with Crippen LogP contribution in [-0.2, 0) is 47.5 Å². The van der Waals surface area contributed by atoms with E-state index < -0.39 is 64.0 Å². The number of carbonyl (C=O) groups is 3. The molecule has 0 aliphatic carbocycles. The number of ether oxygens (including phenoxy) is 1. The second-order valence-electron chi connectivity index (χ2n) is 10.7. The van der Waals surface area contributed by atoms with E-state index in [2.05, 4.69) is 19.7 Å². The third kappa shape index (κ3) is 8.18. The normalized spacial score (nSPS) is 16.8. The van der Waals surface area contributed by atoms with Gasteiger partial charge in [0.25, 0.3) is 17.9 Å². The van der Waals surface area contributed by atoms with Gasteiger partial charge in [0.2, 0.25) is 16.6 Å². The maximum Gasteiger partial charge on any atom is 0.351 e. The van der Waals surface area contributed by atoms with Gasteiger partial charge in [0.1, 0.15) is 29.9 Å². The second kappa shape index (κ2) is 14.0. The number of benzene rings is 1. The zero-order valence-corrected chi connectivity index (χ0v) is 26.8. The van der Waals surface area contributed by atoms with Gasteiger partial charge in [-0.2, -0.15) is 14.0 Å². The molecule has 1 saturated heterocycles. The SMILES string of the molecule is C[n+]1cc(-c2ccc(OC[C@H](O/N=C(\C(=O)NC3C(=O)N(OS(=O)(=O)[O-])C3(C)C)c3csc(N)n3)C(=O)O)cc2F)cn1CCCN. The van der Waals surface area contributed by atoms with Crippen molar-refractivity contribution < 1.29 is 55.4 Å². The van der Waals surface area contributed by atoms with Crippen LogP contribution in [-0.4, -0.2) is 87.1 Å². The number of aliphatic carboxylic acids is 1. The number of nitrogens with one attached hydrogen (secondary N) is 1.